The number of Topliss-reactive ketones (excluding diaryl/α,β-unsaturated/α-hetero) is 1. The molecule has 22 heavy (non-hydrogen) atoms. The SMILES string of the molecule is CC(C)[C@@H](CO)N=CC(=CO)C(=O)c1cc(I)c(F)cc1F. The Kier molecular flexibility index (Phi) is 7.08. The number of rotatable bonds is 6. The summed E-state index contributed by atoms with van der Waals surface area (Å²) in [7, 11) is 0. The minimum Gasteiger partial charge on any atom is -0.515 e. The molecule has 4 nitrogen and oxygen atoms in total. The van der Waals surface area contributed by atoms with E-state index >= 15 is 0 Å². The summed E-state index contributed by atoms with van der Waals surface area (Å²) in [5.74, 6) is -2.57. The molecule has 0 heterocycles. The Morgan fingerprint density at radius 2 is 2.00 bits per heavy atom. The molecule has 0 aliphatic heterocycles. The molecule has 1 rings (SSSR count). The number of hydrogen-bond acceptors (Lipinski definition) is 4. The van der Waals surface area contributed by atoms with Crippen LogP contribution in [0.3, 0.4) is 0 Å². The average molecular weight is 423 g/mol. The Morgan fingerprint density at radius 1 is 1.36 bits per heavy atom. The summed E-state index contributed by atoms with van der Waals surface area (Å²) in [6.07, 6.45) is 1.59. The second-order valence-electron chi connectivity index (χ2n) is 4.93. The van der Waals surface area contributed by atoms with Gasteiger partial charge in [-0.2, -0.15) is 0 Å². The Bertz CT molecular complexity index is 615. The lowest BCUT2D eigenvalue weighted by Crippen LogP contribution is -2.18. The van der Waals surface area contributed by atoms with E-state index in [1.54, 1.807) is 22.6 Å². The van der Waals surface area contributed by atoms with Gasteiger partial charge in [0.25, 0.3) is 0 Å². The smallest absolute Gasteiger partial charge is 0.200 e. The van der Waals surface area contributed by atoms with E-state index < -0.39 is 23.5 Å². The highest BCUT2D eigenvalue weighted by atomic mass is 127. The number of carbonyl (C=O) groups excluding carboxylic acids is 1. The van der Waals surface area contributed by atoms with E-state index in [1.807, 2.05) is 13.8 Å². The lowest BCUT2D eigenvalue weighted by atomic mass is 10.0. The minimum atomic E-state index is -1.02. The molecule has 0 amide bonds. The summed E-state index contributed by atoms with van der Waals surface area (Å²) < 4.78 is 27.0. The molecule has 0 radical (unpaired) electrons. The molecule has 0 saturated heterocycles. The van der Waals surface area contributed by atoms with Gasteiger partial charge in [0.1, 0.15) is 11.6 Å². The molecule has 0 spiro atoms. The molecule has 7 heteroatoms. The number of aliphatic hydroxyl groups excluding tert-OH is 2. The normalized spacial score (nSPS) is 13.9. The molecule has 120 valence electrons. The fourth-order valence-electron chi connectivity index (χ4n) is 1.61. The van der Waals surface area contributed by atoms with Crippen LogP contribution in [0.4, 0.5) is 8.78 Å². The number of benzene rings is 1. The van der Waals surface area contributed by atoms with Crippen molar-refractivity contribution < 1.29 is 23.8 Å². The maximum atomic E-state index is 13.7. The van der Waals surface area contributed by atoms with Gasteiger partial charge in [0.05, 0.1) is 30.0 Å². The minimum absolute atomic E-state index is 0.0276. The van der Waals surface area contributed by atoms with Crippen molar-refractivity contribution >= 4 is 34.6 Å². The molecule has 1 aromatic carbocycles. The van der Waals surface area contributed by atoms with Crippen LogP contribution >= 0.6 is 22.6 Å². The summed E-state index contributed by atoms with van der Waals surface area (Å²) >= 11 is 1.64. The summed E-state index contributed by atoms with van der Waals surface area (Å²) in [6.45, 7) is 3.46. The molecule has 0 fully saturated rings. The van der Waals surface area contributed by atoms with E-state index in [-0.39, 0.29) is 27.2 Å². The Balaban J connectivity index is 3.09. The molecular formula is C15H16F2INO3. The zero-order valence-corrected chi connectivity index (χ0v) is 14.2. The summed E-state index contributed by atoms with van der Waals surface area (Å²) in [4.78, 5) is 16.2. The van der Waals surface area contributed by atoms with E-state index in [0.717, 1.165) is 12.3 Å². The molecule has 1 aromatic rings. The highest BCUT2D eigenvalue weighted by molar-refractivity contribution is 14.1. The Hall–Kier alpha value is -1.35. The standard InChI is InChI=1S/C15H16F2INO3/c1-8(2)14(7-21)19-5-9(6-20)15(22)10-3-13(18)12(17)4-11(10)16/h3-6,8,14,20-21H,7H2,1-2H3/t14-/m1/s1. The van der Waals surface area contributed by atoms with E-state index in [4.69, 9.17) is 10.2 Å². The van der Waals surface area contributed by atoms with Gasteiger partial charge in [0.2, 0.25) is 5.78 Å². The van der Waals surface area contributed by atoms with Crippen molar-refractivity contribution in [3.63, 3.8) is 0 Å². The predicted molar refractivity (Wildman–Crippen MR) is 88.3 cm³/mol. The third-order valence-electron chi connectivity index (χ3n) is 3.02. The van der Waals surface area contributed by atoms with Crippen molar-refractivity contribution in [1.82, 2.24) is 0 Å². The number of carbonyl (C=O) groups is 1. The molecule has 0 aliphatic carbocycles. The van der Waals surface area contributed by atoms with Crippen LogP contribution in [0.15, 0.2) is 29.0 Å². The van der Waals surface area contributed by atoms with Crippen molar-refractivity contribution in [1.29, 1.82) is 0 Å². The van der Waals surface area contributed by atoms with Crippen LogP contribution in [0, 0.1) is 21.1 Å². The number of aliphatic imine (C=N–C) groups is 1. The summed E-state index contributed by atoms with van der Waals surface area (Å²) in [6, 6.07) is 1.24. The van der Waals surface area contributed by atoms with Gasteiger partial charge >= 0.3 is 0 Å². The van der Waals surface area contributed by atoms with Crippen LogP contribution in [0.1, 0.15) is 24.2 Å². The average Bonchev–Trinajstić information content (AvgIpc) is 2.46. The molecule has 0 unspecified atom stereocenters. The van der Waals surface area contributed by atoms with E-state index in [0.29, 0.717) is 12.3 Å². The molecule has 0 bridgehead atoms. The third-order valence-corrected chi connectivity index (χ3v) is 3.84. The third kappa shape index (κ3) is 4.57. The molecule has 0 aromatic heterocycles. The fourth-order valence-corrected chi connectivity index (χ4v) is 2.08. The summed E-state index contributed by atoms with van der Waals surface area (Å²) in [5.41, 5.74) is -0.608. The van der Waals surface area contributed by atoms with Gasteiger partial charge in [-0.3, -0.25) is 9.79 Å². The van der Waals surface area contributed by atoms with Gasteiger partial charge in [-0.15, -0.1) is 0 Å². The highest BCUT2D eigenvalue weighted by Gasteiger charge is 2.19. The summed E-state index contributed by atoms with van der Waals surface area (Å²) in [5, 5.41) is 18.3. The van der Waals surface area contributed by atoms with Gasteiger partial charge in [-0.1, -0.05) is 13.8 Å². The quantitative estimate of drug-likeness (QED) is 0.184. The molecule has 0 aliphatic rings. The van der Waals surface area contributed by atoms with Crippen molar-refractivity contribution in [2.45, 2.75) is 19.9 Å². The second-order valence-corrected chi connectivity index (χ2v) is 6.09. The molecule has 1 atom stereocenters. The van der Waals surface area contributed by atoms with Gasteiger partial charge in [-0.05, 0) is 34.6 Å². The van der Waals surface area contributed by atoms with Crippen LogP contribution in [-0.4, -0.2) is 34.9 Å². The number of nitrogens with zero attached hydrogens (tertiary/aromatic N) is 1. The molecular weight excluding hydrogens is 407 g/mol. The van der Waals surface area contributed by atoms with Crippen molar-refractivity contribution in [3.05, 3.63) is 44.7 Å². The Labute approximate surface area is 140 Å². The monoisotopic (exact) mass is 423 g/mol. The second kappa shape index (κ2) is 8.33. The van der Waals surface area contributed by atoms with E-state index in [9.17, 15) is 13.6 Å². The Morgan fingerprint density at radius 3 is 2.50 bits per heavy atom. The first-order chi connectivity index (χ1) is 10.3. The molecule has 0 saturated carbocycles. The predicted octanol–water partition coefficient (Wildman–Crippen LogP) is 3.28. The molecule has 2 N–H and O–H groups in total. The van der Waals surface area contributed by atoms with E-state index in [1.165, 1.54) is 0 Å². The lowest BCUT2D eigenvalue weighted by Gasteiger charge is -2.12. The first kappa shape index (κ1) is 18.7. The topological polar surface area (TPSA) is 69.9 Å². The van der Waals surface area contributed by atoms with Gasteiger partial charge in [0.15, 0.2) is 0 Å². The van der Waals surface area contributed by atoms with Gasteiger partial charge < -0.3 is 10.2 Å². The maximum Gasteiger partial charge on any atom is 0.200 e. The number of halogens is 3. The number of hydrogen-bond donors (Lipinski definition) is 2. The van der Waals surface area contributed by atoms with Crippen molar-refractivity contribution in [3.8, 4) is 0 Å². The van der Waals surface area contributed by atoms with Crippen LogP contribution in [0.25, 0.3) is 0 Å². The van der Waals surface area contributed by atoms with Crippen LogP contribution in [0.2, 0.25) is 0 Å². The zero-order chi connectivity index (χ0) is 16.9. The lowest BCUT2D eigenvalue weighted by molar-refractivity contribution is 0.103. The first-order valence-electron chi connectivity index (χ1n) is 6.49. The van der Waals surface area contributed by atoms with Gasteiger partial charge in [-0.25, -0.2) is 8.78 Å². The zero-order valence-electron chi connectivity index (χ0n) is 12.1. The van der Waals surface area contributed by atoms with Crippen molar-refractivity contribution in [2.24, 2.45) is 10.9 Å². The van der Waals surface area contributed by atoms with Gasteiger partial charge in [0, 0.05) is 15.9 Å². The maximum absolute atomic E-state index is 13.7. The number of allylic oxidation sites excluding steroid dienone is 1. The first-order valence-corrected chi connectivity index (χ1v) is 7.57. The van der Waals surface area contributed by atoms with Crippen molar-refractivity contribution in [2.75, 3.05) is 6.61 Å². The number of ketones is 1. The largest absolute Gasteiger partial charge is 0.515 e. The van der Waals surface area contributed by atoms with E-state index in [2.05, 4.69) is 4.99 Å². The van der Waals surface area contributed by atoms with Crippen LogP contribution in [0.5, 0.6) is 0 Å². The van der Waals surface area contributed by atoms with Crippen LogP contribution < -0.4 is 0 Å². The van der Waals surface area contributed by atoms with Crippen LogP contribution in [-0.2, 0) is 0 Å². The number of aliphatic hydroxyl groups is 2. The highest BCUT2D eigenvalue weighted by Crippen LogP contribution is 2.19. The fraction of sp³-hybridized carbons (Fsp3) is 0.333.